The summed E-state index contributed by atoms with van der Waals surface area (Å²) in [5, 5.41) is 7.79. The lowest BCUT2D eigenvalue weighted by atomic mass is 10.2. The Morgan fingerprint density at radius 3 is 2.65 bits per heavy atom. The molecule has 1 aromatic heterocycles. The fourth-order valence-corrected chi connectivity index (χ4v) is 3.35. The van der Waals surface area contributed by atoms with Crippen molar-refractivity contribution in [3.63, 3.8) is 0 Å². The van der Waals surface area contributed by atoms with E-state index in [2.05, 4.69) is 20.3 Å². The van der Waals surface area contributed by atoms with Crippen LogP contribution in [0.1, 0.15) is 18.4 Å². The van der Waals surface area contributed by atoms with Crippen LogP contribution < -0.4 is 5.32 Å². The molecule has 0 radical (unpaired) electrons. The largest absolute Gasteiger partial charge is 0.360 e. The number of carbonyl (C=O) groups excluding carboxylic acids is 1. The molecule has 0 aliphatic carbocycles. The number of nitrogens with one attached hydrogen (secondary N) is 1. The monoisotopic (exact) mass is 396 g/mol. The molecule has 1 aliphatic rings. The molecule has 140 valence electrons. The summed E-state index contributed by atoms with van der Waals surface area (Å²) in [6.45, 7) is 7.93. The molecule has 1 atom stereocenters. The molecule has 2 aromatic rings. The van der Waals surface area contributed by atoms with Crippen LogP contribution in [0.3, 0.4) is 0 Å². The zero-order valence-corrected chi connectivity index (χ0v) is 16.3. The van der Waals surface area contributed by atoms with Crippen LogP contribution in [0.2, 0.25) is 10.0 Å². The van der Waals surface area contributed by atoms with Gasteiger partial charge in [-0.1, -0.05) is 28.4 Å². The molecule has 0 spiro atoms. The summed E-state index contributed by atoms with van der Waals surface area (Å²) < 4.78 is 5.27. The molecule has 0 saturated carbocycles. The van der Waals surface area contributed by atoms with Crippen molar-refractivity contribution in [3.8, 4) is 0 Å². The molecule has 6 nitrogen and oxygen atoms in total. The average Bonchev–Trinajstić information content (AvgIpc) is 3.03. The van der Waals surface area contributed by atoms with Gasteiger partial charge in [-0.2, -0.15) is 0 Å². The maximum atomic E-state index is 12.6. The summed E-state index contributed by atoms with van der Waals surface area (Å²) in [6, 6.07) is 6.73. The minimum Gasteiger partial charge on any atom is -0.360 e. The van der Waals surface area contributed by atoms with Gasteiger partial charge in [0.25, 0.3) is 0 Å². The van der Waals surface area contributed by atoms with Crippen molar-refractivity contribution in [1.29, 1.82) is 0 Å². The fourth-order valence-electron chi connectivity index (χ4n) is 3.02. The van der Waals surface area contributed by atoms with Crippen LogP contribution in [0.15, 0.2) is 28.8 Å². The molecule has 0 bridgehead atoms. The molecule has 1 aromatic carbocycles. The predicted molar refractivity (Wildman–Crippen MR) is 103 cm³/mol. The third-order valence-electron chi connectivity index (χ3n) is 4.58. The summed E-state index contributed by atoms with van der Waals surface area (Å²) in [6.07, 6.45) is 0. The van der Waals surface area contributed by atoms with E-state index >= 15 is 0 Å². The molecule has 1 aliphatic heterocycles. The second-order valence-electron chi connectivity index (χ2n) is 6.54. The van der Waals surface area contributed by atoms with Crippen molar-refractivity contribution in [1.82, 2.24) is 15.0 Å². The van der Waals surface area contributed by atoms with Gasteiger partial charge in [0.1, 0.15) is 0 Å². The minimum absolute atomic E-state index is 0.0894. The van der Waals surface area contributed by atoms with E-state index in [0.717, 1.165) is 44.2 Å². The highest BCUT2D eigenvalue weighted by Gasteiger charge is 2.26. The third kappa shape index (κ3) is 4.76. The van der Waals surface area contributed by atoms with Crippen LogP contribution in [-0.4, -0.2) is 53.1 Å². The number of anilines is 1. The number of benzene rings is 1. The van der Waals surface area contributed by atoms with Crippen LogP contribution in [-0.2, 0) is 11.3 Å². The van der Waals surface area contributed by atoms with Gasteiger partial charge in [-0.15, -0.1) is 0 Å². The van der Waals surface area contributed by atoms with Gasteiger partial charge in [-0.05, 0) is 32.0 Å². The topological polar surface area (TPSA) is 61.6 Å². The number of rotatable bonds is 5. The Labute approximate surface area is 163 Å². The number of aromatic nitrogens is 1. The number of aryl methyl sites for hydroxylation is 1. The number of hydrogen-bond acceptors (Lipinski definition) is 5. The molecule has 1 amide bonds. The van der Waals surface area contributed by atoms with Crippen LogP contribution in [0.5, 0.6) is 0 Å². The van der Waals surface area contributed by atoms with Crippen molar-refractivity contribution in [2.24, 2.45) is 0 Å². The van der Waals surface area contributed by atoms with Crippen LogP contribution in [0.4, 0.5) is 5.69 Å². The van der Waals surface area contributed by atoms with E-state index in [0.29, 0.717) is 15.7 Å². The second kappa shape index (κ2) is 8.39. The highest BCUT2D eigenvalue weighted by molar-refractivity contribution is 6.35. The lowest BCUT2D eigenvalue weighted by Gasteiger charge is -2.37. The lowest BCUT2D eigenvalue weighted by Crippen LogP contribution is -2.52. The van der Waals surface area contributed by atoms with E-state index < -0.39 is 0 Å². The van der Waals surface area contributed by atoms with Crippen LogP contribution >= 0.6 is 23.2 Å². The highest BCUT2D eigenvalue weighted by Crippen LogP contribution is 2.25. The zero-order chi connectivity index (χ0) is 18.7. The Morgan fingerprint density at radius 1 is 1.27 bits per heavy atom. The lowest BCUT2D eigenvalue weighted by molar-refractivity contribution is -0.121. The highest BCUT2D eigenvalue weighted by atomic mass is 35.5. The Bertz CT molecular complexity index is 772. The van der Waals surface area contributed by atoms with E-state index in [1.54, 1.807) is 18.2 Å². The number of halogens is 2. The first-order valence-electron chi connectivity index (χ1n) is 8.57. The summed E-state index contributed by atoms with van der Waals surface area (Å²) in [7, 11) is 0. The first-order valence-corrected chi connectivity index (χ1v) is 9.32. The molecule has 8 heteroatoms. The van der Waals surface area contributed by atoms with Crippen molar-refractivity contribution in [3.05, 3.63) is 45.8 Å². The Kier molecular flexibility index (Phi) is 6.19. The summed E-state index contributed by atoms with van der Waals surface area (Å²) in [5.41, 5.74) is 1.43. The van der Waals surface area contributed by atoms with Gasteiger partial charge in [0, 0.05) is 37.3 Å². The van der Waals surface area contributed by atoms with Gasteiger partial charge in [0.2, 0.25) is 5.91 Å². The SMILES string of the molecule is Cc1cc(CN2CCN(C(C)C(=O)Nc3cc(Cl)ccc3Cl)CC2)on1. The quantitative estimate of drug-likeness (QED) is 0.838. The standard InChI is InChI=1S/C18H22Cl2N4O2/c1-12-9-15(26-22-12)11-23-5-7-24(8-6-23)13(2)18(25)21-17-10-14(19)3-4-16(17)20/h3-4,9-10,13H,5-8,11H2,1-2H3,(H,21,25). The predicted octanol–water partition coefficient (Wildman–Crippen LogP) is 3.43. The van der Waals surface area contributed by atoms with Gasteiger partial charge in [0.15, 0.2) is 5.76 Å². The number of piperazine rings is 1. The van der Waals surface area contributed by atoms with E-state index in [1.807, 2.05) is 19.9 Å². The molecule has 1 N–H and O–H groups in total. The third-order valence-corrected chi connectivity index (χ3v) is 5.14. The van der Waals surface area contributed by atoms with Crippen molar-refractivity contribution in [2.75, 3.05) is 31.5 Å². The zero-order valence-electron chi connectivity index (χ0n) is 14.8. The van der Waals surface area contributed by atoms with Gasteiger partial charge >= 0.3 is 0 Å². The van der Waals surface area contributed by atoms with Crippen LogP contribution in [0.25, 0.3) is 0 Å². The Morgan fingerprint density at radius 2 is 2.00 bits per heavy atom. The normalized spacial score (nSPS) is 17.2. The first kappa shape index (κ1) is 19.2. The maximum Gasteiger partial charge on any atom is 0.241 e. The molecular weight excluding hydrogens is 375 g/mol. The summed E-state index contributed by atoms with van der Waals surface area (Å²) in [4.78, 5) is 17.0. The Balaban J connectivity index is 1.51. The number of amides is 1. The number of hydrogen-bond donors (Lipinski definition) is 1. The molecule has 3 rings (SSSR count). The molecule has 1 unspecified atom stereocenters. The molecule has 1 saturated heterocycles. The second-order valence-corrected chi connectivity index (χ2v) is 7.38. The summed E-state index contributed by atoms with van der Waals surface area (Å²) in [5.74, 6) is 0.783. The van der Waals surface area contributed by atoms with Gasteiger partial charge in [0.05, 0.1) is 29.0 Å². The maximum absolute atomic E-state index is 12.6. The van der Waals surface area contributed by atoms with E-state index in [4.69, 9.17) is 27.7 Å². The van der Waals surface area contributed by atoms with Gasteiger partial charge < -0.3 is 9.84 Å². The fraction of sp³-hybridized carbons (Fsp3) is 0.444. The molecule has 26 heavy (non-hydrogen) atoms. The van der Waals surface area contributed by atoms with Crippen LogP contribution in [0, 0.1) is 6.92 Å². The molecule has 1 fully saturated rings. The van der Waals surface area contributed by atoms with Crippen molar-refractivity contribution < 1.29 is 9.32 Å². The molecule has 2 heterocycles. The van der Waals surface area contributed by atoms with Crippen molar-refractivity contribution >= 4 is 34.8 Å². The minimum atomic E-state index is -0.250. The van der Waals surface area contributed by atoms with E-state index in [1.165, 1.54) is 0 Å². The van der Waals surface area contributed by atoms with E-state index in [-0.39, 0.29) is 11.9 Å². The van der Waals surface area contributed by atoms with Gasteiger partial charge in [-0.3, -0.25) is 14.6 Å². The number of nitrogens with zero attached hydrogens (tertiary/aromatic N) is 3. The number of carbonyl (C=O) groups is 1. The van der Waals surface area contributed by atoms with E-state index in [9.17, 15) is 4.79 Å². The average molecular weight is 397 g/mol. The Hall–Kier alpha value is -1.60. The summed E-state index contributed by atoms with van der Waals surface area (Å²) >= 11 is 12.1. The van der Waals surface area contributed by atoms with Gasteiger partial charge in [-0.25, -0.2) is 0 Å². The first-order chi connectivity index (χ1) is 12.4. The van der Waals surface area contributed by atoms with Crippen molar-refractivity contribution in [2.45, 2.75) is 26.4 Å². The smallest absolute Gasteiger partial charge is 0.241 e. The molecular formula is C18H22Cl2N4O2.